The maximum absolute atomic E-state index is 13.7. The van der Waals surface area contributed by atoms with E-state index >= 15 is 0 Å². The van der Waals surface area contributed by atoms with E-state index in [1.807, 2.05) is 29.1 Å². The van der Waals surface area contributed by atoms with Crippen molar-refractivity contribution in [3.8, 4) is 5.75 Å². The summed E-state index contributed by atoms with van der Waals surface area (Å²) in [6.45, 7) is 0.631. The van der Waals surface area contributed by atoms with Crippen LogP contribution in [0.1, 0.15) is 16.7 Å². The Morgan fingerprint density at radius 2 is 1.57 bits per heavy atom. The van der Waals surface area contributed by atoms with Gasteiger partial charge in [-0.15, -0.1) is 0 Å². The number of rotatable bonds is 5. The highest BCUT2D eigenvalue weighted by Gasteiger charge is 2.08. The molecule has 0 unspecified atom stereocenters. The van der Waals surface area contributed by atoms with Crippen molar-refractivity contribution in [3.63, 3.8) is 0 Å². The van der Waals surface area contributed by atoms with Crippen LogP contribution < -0.4 is 9.30 Å². The minimum Gasteiger partial charge on any atom is -0.494 e. The quantitative estimate of drug-likeness (QED) is 0.654. The van der Waals surface area contributed by atoms with E-state index in [2.05, 4.69) is 36.4 Å². The fourth-order valence-electron chi connectivity index (χ4n) is 2.56. The van der Waals surface area contributed by atoms with Crippen LogP contribution in [0.5, 0.6) is 5.75 Å². The van der Waals surface area contributed by atoms with E-state index in [1.165, 1.54) is 24.3 Å². The molecule has 3 heteroatoms. The highest BCUT2D eigenvalue weighted by molar-refractivity contribution is 5.29. The van der Waals surface area contributed by atoms with Crippen molar-refractivity contribution in [2.24, 2.45) is 0 Å². The molecule has 2 nitrogen and oxygen atoms in total. The molecule has 0 bridgehead atoms. The van der Waals surface area contributed by atoms with Crippen LogP contribution in [0.15, 0.2) is 73.1 Å². The Morgan fingerprint density at radius 1 is 0.870 bits per heavy atom. The maximum atomic E-state index is 13.7. The van der Waals surface area contributed by atoms with Crippen molar-refractivity contribution in [2.45, 2.75) is 13.0 Å². The third-order valence-corrected chi connectivity index (χ3v) is 3.79. The van der Waals surface area contributed by atoms with Crippen molar-refractivity contribution in [1.82, 2.24) is 0 Å². The third-order valence-electron chi connectivity index (χ3n) is 3.79. The topological polar surface area (TPSA) is 13.1 Å². The minimum absolute atomic E-state index is 0.275. The smallest absolute Gasteiger partial charge is 0.173 e. The lowest BCUT2D eigenvalue weighted by Gasteiger charge is -2.04. The first-order valence-corrected chi connectivity index (χ1v) is 7.59. The molecular weight excluding hydrogens is 289 g/mol. The van der Waals surface area contributed by atoms with Crippen LogP contribution in [0.4, 0.5) is 4.39 Å². The number of hydrogen-bond donors (Lipinski definition) is 0. The maximum Gasteiger partial charge on any atom is 0.173 e. The van der Waals surface area contributed by atoms with Gasteiger partial charge < -0.3 is 4.74 Å². The number of benzene rings is 2. The Kier molecular flexibility index (Phi) is 4.67. The van der Waals surface area contributed by atoms with E-state index in [9.17, 15) is 4.39 Å². The first-order valence-electron chi connectivity index (χ1n) is 7.59. The van der Waals surface area contributed by atoms with Gasteiger partial charge in [0.05, 0.1) is 7.11 Å². The molecule has 1 aromatic heterocycles. The number of aromatic nitrogens is 1. The number of ether oxygens (including phenoxy) is 1. The van der Waals surface area contributed by atoms with E-state index in [-0.39, 0.29) is 11.6 Å². The van der Waals surface area contributed by atoms with Gasteiger partial charge in [-0.05, 0) is 35.7 Å². The second-order valence-corrected chi connectivity index (χ2v) is 5.51. The van der Waals surface area contributed by atoms with Crippen molar-refractivity contribution in [3.05, 3.63) is 95.6 Å². The second kappa shape index (κ2) is 7.05. The fraction of sp³-hybridized carbons (Fsp3) is 0.150. The van der Waals surface area contributed by atoms with Gasteiger partial charge in [-0.2, -0.15) is 0 Å². The van der Waals surface area contributed by atoms with Crippen molar-refractivity contribution < 1.29 is 13.7 Å². The molecule has 0 radical (unpaired) electrons. The number of hydrogen-bond acceptors (Lipinski definition) is 1. The average molecular weight is 308 g/mol. The summed E-state index contributed by atoms with van der Waals surface area (Å²) in [4.78, 5) is 0. The third kappa shape index (κ3) is 3.95. The predicted molar refractivity (Wildman–Crippen MR) is 87.9 cm³/mol. The normalized spacial score (nSPS) is 10.5. The minimum atomic E-state index is -0.328. The molecule has 0 saturated carbocycles. The van der Waals surface area contributed by atoms with Crippen LogP contribution in [0, 0.1) is 5.82 Å². The van der Waals surface area contributed by atoms with Gasteiger partial charge in [-0.3, -0.25) is 0 Å². The Labute approximate surface area is 135 Å². The van der Waals surface area contributed by atoms with Crippen molar-refractivity contribution >= 4 is 0 Å². The molecule has 2 aromatic carbocycles. The molecular formula is C20H19FNO+. The van der Waals surface area contributed by atoms with Gasteiger partial charge in [0.2, 0.25) is 0 Å². The number of pyridine rings is 1. The van der Waals surface area contributed by atoms with E-state index < -0.39 is 0 Å². The SMILES string of the molecule is COc1ccc(C[n+]2ccc(Cc3ccccc3)cc2)cc1F. The molecule has 0 N–H and O–H groups in total. The Balaban J connectivity index is 1.69. The number of methoxy groups -OCH3 is 1. The molecule has 0 saturated heterocycles. The number of nitrogens with zero attached hydrogens (tertiary/aromatic N) is 1. The van der Waals surface area contributed by atoms with Crippen molar-refractivity contribution in [1.29, 1.82) is 0 Å². The Bertz CT molecular complexity index is 769. The van der Waals surface area contributed by atoms with Crippen molar-refractivity contribution in [2.75, 3.05) is 7.11 Å². The Morgan fingerprint density at radius 3 is 2.22 bits per heavy atom. The van der Waals surface area contributed by atoms with E-state index in [1.54, 1.807) is 6.07 Å². The first-order chi connectivity index (χ1) is 11.2. The van der Waals surface area contributed by atoms with Crippen LogP contribution in [0.2, 0.25) is 0 Å². The summed E-state index contributed by atoms with van der Waals surface area (Å²) >= 11 is 0. The van der Waals surface area contributed by atoms with Gasteiger partial charge in [0, 0.05) is 17.7 Å². The number of halogens is 1. The summed E-state index contributed by atoms with van der Waals surface area (Å²) in [5, 5.41) is 0. The molecule has 0 atom stereocenters. The zero-order chi connectivity index (χ0) is 16.1. The summed E-state index contributed by atoms with van der Waals surface area (Å²) < 4.78 is 20.7. The van der Waals surface area contributed by atoms with E-state index in [4.69, 9.17) is 4.74 Å². The first kappa shape index (κ1) is 15.2. The molecule has 0 fully saturated rings. The van der Waals surface area contributed by atoms with Gasteiger partial charge in [0.25, 0.3) is 0 Å². The van der Waals surface area contributed by atoms with Gasteiger partial charge >= 0.3 is 0 Å². The highest BCUT2D eigenvalue weighted by atomic mass is 19.1. The molecule has 116 valence electrons. The molecule has 0 aliphatic carbocycles. The predicted octanol–water partition coefficient (Wildman–Crippen LogP) is 3.76. The second-order valence-electron chi connectivity index (χ2n) is 5.51. The van der Waals surface area contributed by atoms with Crippen LogP contribution in [-0.4, -0.2) is 7.11 Å². The summed E-state index contributed by atoms with van der Waals surface area (Å²) in [5.74, 6) is -0.0525. The molecule has 0 aliphatic rings. The van der Waals surface area contributed by atoms with Crippen LogP contribution in [0.25, 0.3) is 0 Å². The molecule has 3 rings (SSSR count). The van der Waals surface area contributed by atoms with Crippen LogP contribution >= 0.6 is 0 Å². The zero-order valence-corrected chi connectivity index (χ0v) is 13.1. The standard InChI is InChI=1S/C20H19FNO/c1-23-20-8-7-18(14-19(20)21)15-22-11-9-17(10-12-22)13-16-5-3-2-4-6-16/h2-12,14H,13,15H2,1H3/q+1. The van der Waals surface area contributed by atoms with E-state index in [0.717, 1.165) is 12.0 Å². The Hall–Kier alpha value is -2.68. The lowest BCUT2D eigenvalue weighted by Crippen LogP contribution is -2.33. The van der Waals surface area contributed by atoms with Gasteiger partial charge in [-0.25, -0.2) is 8.96 Å². The summed E-state index contributed by atoms with van der Waals surface area (Å²) in [5.41, 5.74) is 3.46. The molecule has 3 aromatic rings. The van der Waals surface area contributed by atoms with E-state index in [0.29, 0.717) is 6.54 Å². The van der Waals surface area contributed by atoms with Crippen LogP contribution in [-0.2, 0) is 13.0 Å². The monoisotopic (exact) mass is 308 g/mol. The molecule has 0 aliphatic heterocycles. The van der Waals surface area contributed by atoms with Gasteiger partial charge in [0.1, 0.15) is 0 Å². The highest BCUT2D eigenvalue weighted by Crippen LogP contribution is 2.17. The lowest BCUT2D eigenvalue weighted by atomic mass is 10.1. The average Bonchev–Trinajstić information content (AvgIpc) is 2.58. The lowest BCUT2D eigenvalue weighted by molar-refractivity contribution is -0.688. The molecule has 1 heterocycles. The zero-order valence-electron chi connectivity index (χ0n) is 13.1. The van der Waals surface area contributed by atoms with Gasteiger partial charge in [-0.1, -0.05) is 30.3 Å². The summed E-state index contributed by atoms with van der Waals surface area (Å²) in [7, 11) is 1.47. The summed E-state index contributed by atoms with van der Waals surface area (Å²) in [6.07, 6.45) is 4.97. The fourth-order valence-corrected chi connectivity index (χ4v) is 2.56. The van der Waals surface area contributed by atoms with Gasteiger partial charge in [0.15, 0.2) is 30.5 Å². The molecule has 23 heavy (non-hydrogen) atoms. The molecule has 0 spiro atoms. The largest absolute Gasteiger partial charge is 0.494 e. The summed E-state index contributed by atoms with van der Waals surface area (Å²) in [6, 6.07) is 19.7. The molecule has 0 amide bonds. The van der Waals surface area contributed by atoms with Crippen LogP contribution in [0.3, 0.4) is 0 Å².